The van der Waals surface area contributed by atoms with E-state index in [0.717, 1.165) is 16.6 Å². The Morgan fingerprint density at radius 1 is 0.327 bits per heavy atom. The average molecular weight is 615 g/mol. The fraction of sp³-hybridized carbons (Fsp3) is 0. The van der Waals surface area contributed by atoms with Crippen molar-refractivity contribution < 1.29 is 4.42 Å². The zero-order valence-electron chi connectivity index (χ0n) is 30.5. The minimum atomic E-state index is 0.921. The molecule has 0 fully saturated rings. The van der Waals surface area contributed by atoms with Crippen molar-refractivity contribution in [3.8, 4) is 33.4 Å². The molecule has 7 aromatic carbocycles. The van der Waals surface area contributed by atoms with Gasteiger partial charge in [-0.15, -0.1) is 32.8 Å². The van der Waals surface area contributed by atoms with E-state index >= 15 is 0 Å². The van der Waals surface area contributed by atoms with E-state index in [-0.39, 0.29) is 0 Å². The molecule has 0 N–H and O–H groups in total. The second-order valence-corrected chi connectivity index (χ2v) is 14.3. The second-order valence-electron chi connectivity index (χ2n) is 14.3. The smallest absolute Gasteiger partial charge is 0.139 e. The molecular weight excluding hydrogens is 581 g/mol. The molecule has 0 aliphatic carbocycles. The minimum absolute atomic E-state index is 0.921. The van der Waals surface area contributed by atoms with E-state index in [4.69, 9.17) is 4.42 Å². The van der Waals surface area contributed by atoms with Crippen LogP contribution in [0.2, 0.25) is 0 Å². The van der Waals surface area contributed by atoms with Crippen molar-refractivity contribution in [2.45, 2.75) is 0 Å². The number of benzene rings is 7. The molecule has 8 rings (SSSR count). The lowest BCUT2D eigenvalue weighted by atomic mass is 9.59. The number of fused-ring (bicyclic) bond motifs is 5. The third-order valence-corrected chi connectivity index (χ3v) is 12.2. The molecule has 0 spiro atoms. The Morgan fingerprint density at radius 2 is 0.776 bits per heavy atom. The molecule has 0 saturated carbocycles. The molecule has 0 amide bonds. The van der Waals surface area contributed by atoms with E-state index in [2.05, 4.69) is 163 Å². The van der Waals surface area contributed by atoms with Gasteiger partial charge in [0, 0.05) is 10.8 Å². The summed E-state index contributed by atoms with van der Waals surface area (Å²) >= 11 is 0. The predicted molar refractivity (Wildman–Crippen MR) is 247 cm³/mol. The lowest BCUT2D eigenvalue weighted by Crippen LogP contribution is -2.55. The molecule has 0 aliphatic rings. The third-order valence-electron chi connectivity index (χ3n) is 12.2. The van der Waals surface area contributed by atoms with Crippen LogP contribution in [0, 0.1) is 0 Å². The zero-order valence-corrected chi connectivity index (χ0v) is 30.5. The third kappa shape index (κ3) is 4.54. The molecule has 1 heterocycles. The van der Waals surface area contributed by atoms with E-state index < -0.39 is 0 Å². The van der Waals surface area contributed by atoms with Crippen LogP contribution < -0.4 is 54.6 Å². The van der Waals surface area contributed by atoms with Gasteiger partial charge in [0.05, 0.1) is 0 Å². The van der Waals surface area contributed by atoms with Gasteiger partial charge in [-0.2, -0.15) is 0 Å². The van der Waals surface area contributed by atoms with Crippen LogP contribution in [0.1, 0.15) is 0 Å². The number of hydrogen-bond donors (Lipinski definition) is 0. The Morgan fingerprint density at radius 3 is 1.29 bits per heavy atom. The van der Waals surface area contributed by atoms with E-state index in [1.165, 1.54) is 115 Å². The Balaban J connectivity index is 1.48. The zero-order chi connectivity index (χ0) is 34.5. The molecule has 11 heteroatoms. The quantitative estimate of drug-likeness (QED) is 0.143. The summed E-state index contributed by atoms with van der Waals surface area (Å²) in [4.78, 5) is 0. The first-order valence-corrected chi connectivity index (χ1v) is 17.5. The maximum absolute atomic E-state index is 6.58. The molecule has 0 bridgehead atoms. The van der Waals surface area contributed by atoms with E-state index in [1.54, 1.807) is 0 Å². The Hall–Kier alpha value is -4.49. The van der Waals surface area contributed by atoms with Gasteiger partial charge in [0.25, 0.3) is 0 Å². The summed E-state index contributed by atoms with van der Waals surface area (Å²) in [6.45, 7) is 0. The summed E-state index contributed by atoms with van der Waals surface area (Å²) in [5, 5.41) is 7.48. The fourth-order valence-corrected chi connectivity index (χ4v) is 8.68. The Labute approximate surface area is 298 Å². The summed E-state index contributed by atoms with van der Waals surface area (Å²) in [6, 6.07) is 31.4. The van der Waals surface area contributed by atoms with Gasteiger partial charge in [0.2, 0.25) is 0 Å². The maximum atomic E-state index is 6.58. The standard InChI is InChI=1S/C38H34B10O/c39-29-27(30(40)34(44)37(47)33(29)43)20-10-5-11-23-25(20)21-14-15(12-13-22(21)49-23)24-16-6-1-3-8-18(16)26(19-9-4-2-7-17(19)24)28-31(41)35(45)38(48)36(46)32(28)42/h1-14H,39-48H2. The average Bonchev–Trinajstić information content (AvgIpc) is 3.50. The monoisotopic (exact) mass is 616 g/mol. The van der Waals surface area contributed by atoms with Gasteiger partial charge in [-0.25, -0.2) is 0 Å². The first-order valence-electron chi connectivity index (χ1n) is 17.5. The molecule has 0 aliphatic heterocycles. The van der Waals surface area contributed by atoms with Gasteiger partial charge in [0.15, 0.2) is 0 Å². The molecule has 1 aromatic heterocycles. The topological polar surface area (TPSA) is 13.1 Å². The highest BCUT2D eigenvalue weighted by atomic mass is 16.3. The van der Waals surface area contributed by atoms with Crippen LogP contribution in [0.25, 0.3) is 76.9 Å². The number of rotatable bonds is 3. The van der Waals surface area contributed by atoms with Crippen molar-refractivity contribution in [2.75, 3.05) is 0 Å². The summed E-state index contributed by atoms with van der Waals surface area (Å²) in [6.07, 6.45) is 0. The van der Waals surface area contributed by atoms with Gasteiger partial charge in [-0.1, -0.05) is 88.6 Å². The number of hydrogen-bond acceptors (Lipinski definition) is 1. The highest BCUT2D eigenvalue weighted by molar-refractivity contribution is 6.70. The molecule has 8 aromatic rings. The summed E-state index contributed by atoms with van der Waals surface area (Å²) in [5.41, 5.74) is 23.3. The van der Waals surface area contributed by atoms with Crippen LogP contribution in [-0.4, -0.2) is 78.5 Å². The molecular formula is C38H34B10O. The normalized spacial score (nSPS) is 11.7. The van der Waals surface area contributed by atoms with Crippen molar-refractivity contribution in [3.05, 3.63) is 84.9 Å². The highest BCUT2D eigenvalue weighted by Gasteiger charge is 2.23. The second kappa shape index (κ2) is 11.5. The first-order chi connectivity index (χ1) is 23.5. The molecule has 0 unspecified atom stereocenters. The number of furan rings is 1. The first kappa shape index (κ1) is 31.8. The van der Waals surface area contributed by atoms with E-state index in [0.29, 0.717) is 0 Å². The van der Waals surface area contributed by atoms with Gasteiger partial charge >= 0.3 is 0 Å². The summed E-state index contributed by atoms with van der Waals surface area (Å²) < 4.78 is 6.58. The summed E-state index contributed by atoms with van der Waals surface area (Å²) in [7, 11) is 22.7. The van der Waals surface area contributed by atoms with Gasteiger partial charge < -0.3 is 4.42 Å². The van der Waals surface area contributed by atoms with Crippen LogP contribution >= 0.6 is 0 Å². The van der Waals surface area contributed by atoms with Crippen molar-refractivity contribution in [2.24, 2.45) is 0 Å². The van der Waals surface area contributed by atoms with E-state index in [9.17, 15) is 0 Å². The van der Waals surface area contributed by atoms with Crippen LogP contribution in [0.3, 0.4) is 0 Å². The van der Waals surface area contributed by atoms with Crippen molar-refractivity contribution in [1.29, 1.82) is 0 Å². The van der Waals surface area contributed by atoms with Crippen LogP contribution in [0.15, 0.2) is 89.3 Å². The van der Waals surface area contributed by atoms with Crippen LogP contribution in [-0.2, 0) is 0 Å². The van der Waals surface area contributed by atoms with E-state index in [1.807, 2.05) is 0 Å². The van der Waals surface area contributed by atoms with Gasteiger partial charge in [0.1, 0.15) is 89.6 Å². The lowest BCUT2D eigenvalue weighted by molar-refractivity contribution is 0.669. The minimum Gasteiger partial charge on any atom is -0.456 e. The SMILES string of the molecule is Bc1c(B)c(B)c(-c2c3ccccc3c(-c3ccc4oc5cccc(-c6c(B)c(B)c(B)c(B)c6B)c5c4c3)c3ccccc23)c(B)c1B. The molecule has 1 nitrogen and oxygen atoms in total. The summed E-state index contributed by atoms with van der Waals surface area (Å²) in [5.74, 6) is 0. The molecule has 222 valence electrons. The Kier molecular flexibility index (Phi) is 7.49. The van der Waals surface area contributed by atoms with Crippen LogP contribution in [0.5, 0.6) is 0 Å². The van der Waals surface area contributed by atoms with Gasteiger partial charge in [-0.3, -0.25) is 0 Å². The fourth-order valence-electron chi connectivity index (χ4n) is 8.68. The molecule has 0 saturated heterocycles. The van der Waals surface area contributed by atoms with Crippen LogP contribution in [0.4, 0.5) is 0 Å². The lowest BCUT2D eigenvalue weighted by Gasteiger charge is -2.24. The highest BCUT2D eigenvalue weighted by Crippen LogP contribution is 2.44. The Bertz CT molecular complexity index is 2620. The van der Waals surface area contributed by atoms with Gasteiger partial charge in [-0.05, 0) is 73.1 Å². The van der Waals surface area contributed by atoms with Crippen molar-refractivity contribution >= 4 is 177 Å². The maximum Gasteiger partial charge on any atom is 0.139 e. The molecule has 0 radical (unpaired) electrons. The molecule has 0 atom stereocenters. The largest absolute Gasteiger partial charge is 0.456 e. The van der Waals surface area contributed by atoms with Crippen molar-refractivity contribution in [3.63, 3.8) is 0 Å². The molecule has 49 heavy (non-hydrogen) atoms. The predicted octanol–water partition coefficient (Wildman–Crippen LogP) is -6.52. The van der Waals surface area contributed by atoms with Crippen molar-refractivity contribution in [1.82, 2.24) is 0 Å².